The lowest BCUT2D eigenvalue weighted by Gasteiger charge is -2.29. The lowest BCUT2D eigenvalue weighted by atomic mass is 9.93. The van der Waals surface area contributed by atoms with Crippen LogP contribution in [0, 0.1) is 11.3 Å². The molecule has 0 aliphatic rings. The number of nitriles is 1. The van der Waals surface area contributed by atoms with E-state index in [1.165, 1.54) is 40.3 Å². The van der Waals surface area contributed by atoms with E-state index in [2.05, 4.69) is 322 Å². The number of aromatic nitrogens is 4. The Morgan fingerprint density at radius 3 is 0.957 bits per heavy atom. The summed E-state index contributed by atoms with van der Waals surface area (Å²) >= 11 is 3.70. The van der Waals surface area contributed by atoms with Gasteiger partial charge in [-0.2, -0.15) is 5.26 Å². The average Bonchev–Trinajstić information content (AvgIpc) is 1.48. The van der Waals surface area contributed by atoms with Gasteiger partial charge in [-0.05, 0) is 88.5 Å². The molecular formula is C85H49N5S2. The van der Waals surface area contributed by atoms with E-state index in [0.717, 1.165) is 143 Å². The van der Waals surface area contributed by atoms with Crippen LogP contribution in [0.3, 0.4) is 0 Å². The van der Waals surface area contributed by atoms with Crippen molar-refractivity contribution in [2.45, 2.75) is 0 Å². The van der Waals surface area contributed by atoms with Gasteiger partial charge in [-0.25, -0.2) is 0 Å². The molecule has 0 bridgehead atoms. The van der Waals surface area contributed by atoms with Crippen molar-refractivity contribution in [3.63, 3.8) is 0 Å². The van der Waals surface area contributed by atoms with Crippen molar-refractivity contribution in [2.24, 2.45) is 0 Å². The number of rotatable bonds is 7. The molecular weight excluding hydrogens is 1160 g/mol. The highest BCUT2D eigenvalue weighted by molar-refractivity contribution is 7.27. The van der Waals surface area contributed by atoms with Crippen LogP contribution in [-0.2, 0) is 0 Å². The highest BCUT2D eigenvalue weighted by atomic mass is 32.1. The molecule has 92 heavy (non-hydrogen) atoms. The SMILES string of the molecule is N#Cc1c(-n2c3ccccc3c3ccccc32)c(-n2c3ccc(-c4ccccc4)cc3c3ccc4c5ccccc5sc4c32)c(-c2ccccc2)c(-n2c3ccc(-c4ccccc4)cc3c3ccc4c5ccccc5sc4c32)c1-n1c2ccccc2c2ccccc21. The van der Waals surface area contributed by atoms with Crippen molar-refractivity contribution < 1.29 is 0 Å². The number of fused-ring (bicyclic) bond motifs is 20. The number of hydrogen-bond acceptors (Lipinski definition) is 3. The van der Waals surface area contributed by atoms with Gasteiger partial charge in [0.1, 0.15) is 11.6 Å². The first-order valence-corrected chi connectivity index (χ1v) is 32.8. The Balaban J connectivity index is 1.12. The largest absolute Gasteiger partial charge is 0.306 e. The summed E-state index contributed by atoms with van der Waals surface area (Å²) in [5.74, 6) is 0. The maximum Gasteiger partial charge on any atom is 0.104 e. The second-order valence-corrected chi connectivity index (χ2v) is 26.2. The van der Waals surface area contributed by atoms with E-state index < -0.39 is 0 Å². The molecule has 0 amide bonds. The van der Waals surface area contributed by atoms with Crippen molar-refractivity contribution in [1.29, 1.82) is 5.26 Å². The van der Waals surface area contributed by atoms with Gasteiger partial charge in [0, 0.05) is 79.6 Å². The second-order valence-electron chi connectivity index (χ2n) is 24.1. The molecule has 0 atom stereocenters. The maximum atomic E-state index is 13.4. The fraction of sp³-hybridized carbons (Fsp3) is 0. The summed E-state index contributed by atoms with van der Waals surface area (Å²) in [6.45, 7) is 0. The number of benzene rings is 14. The fourth-order valence-electron chi connectivity index (χ4n) is 15.5. The molecule has 6 heterocycles. The molecule has 7 heteroatoms. The smallest absolute Gasteiger partial charge is 0.104 e. The Labute approximate surface area is 535 Å². The topological polar surface area (TPSA) is 43.5 Å². The van der Waals surface area contributed by atoms with Crippen LogP contribution in [0.15, 0.2) is 297 Å². The van der Waals surface area contributed by atoms with E-state index in [-0.39, 0.29) is 0 Å². The van der Waals surface area contributed by atoms with Crippen LogP contribution >= 0.6 is 22.7 Å². The van der Waals surface area contributed by atoms with Crippen molar-refractivity contribution in [2.75, 3.05) is 0 Å². The predicted molar refractivity (Wildman–Crippen MR) is 391 cm³/mol. The van der Waals surface area contributed by atoms with Crippen molar-refractivity contribution in [3.8, 4) is 62.2 Å². The number of para-hydroxylation sites is 4. The maximum absolute atomic E-state index is 13.4. The van der Waals surface area contributed by atoms with Gasteiger partial charge < -0.3 is 18.3 Å². The summed E-state index contributed by atoms with van der Waals surface area (Å²) < 4.78 is 14.9. The highest BCUT2D eigenvalue weighted by Gasteiger charge is 2.36. The zero-order chi connectivity index (χ0) is 60.3. The molecule has 426 valence electrons. The molecule has 0 saturated carbocycles. The molecule has 0 spiro atoms. The van der Waals surface area contributed by atoms with Gasteiger partial charge in [0.2, 0.25) is 0 Å². The lowest BCUT2D eigenvalue weighted by Crippen LogP contribution is -2.16. The summed E-state index contributed by atoms with van der Waals surface area (Å²) in [4.78, 5) is 0. The first-order chi connectivity index (χ1) is 45.7. The molecule has 20 aromatic rings. The summed E-state index contributed by atoms with van der Waals surface area (Å²) in [5.41, 5.74) is 18.7. The van der Waals surface area contributed by atoms with Gasteiger partial charge in [-0.1, -0.05) is 237 Å². The predicted octanol–water partition coefficient (Wildman–Crippen LogP) is 23.7. The minimum absolute atomic E-state index is 0.534. The molecule has 0 radical (unpaired) electrons. The highest BCUT2D eigenvalue weighted by Crippen LogP contribution is 2.55. The third-order valence-electron chi connectivity index (χ3n) is 19.4. The number of hydrogen-bond donors (Lipinski definition) is 0. The fourth-order valence-corrected chi connectivity index (χ4v) is 18.0. The van der Waals surface area contributed by atoms with Gasteiger partial charge in [0.25, 0.3) is 0 Å². The molecule has 20 rings (SSSR count). The van der Waals surface area contributed by atoms with Crippen LogP contribution in [0.4, 0.5) is 0 Å². The Hall–Kier alpha value is -11.8. The van der Waals surface area contributed by atoms with Crippen LogP contribution < -0.4 is 0 Å². The molecule has 0 saturated heterocycles. The average molecular weight is 1200 g/mol. The monoisotopic (exact) mass is 1200 g/mol. The number of nitrogens with zero attached hydrogens (tertiary/aromatic N) is 5. The Bertz CT molecular complexity index is 6090. The summed E-state index contributed by atoms with van der Waals surface area (Å²) in [6, 6.07) is 112. The van der Waals surface area contributed by atoms with Crippen molar-refractivity contribution in [3.05, 3.63) is 303 Å². The first kappa shape index (κ1) is 51.1. The Morgan fingerprint density at radius 2 is 0.565 bits per heavy atom. The standard InChI is InChI=1S/C85H49N5S2/c86-50-68-78(87-69-34-16-10-28-56(69)57-29-11-17-35-70(57)87)82(89-73-46-40-54(51-22-4-1-5-23-51)48-66(73)62-42-44-64-60-32-14-20-38-75(60)91-84(64)80(62)89)77(53-26-8-3-9-27-53)83(79(68)88-71-36-18-12-30-58(71)59-31-13-19-37-72(59)88)90-74-47-41-55(52-24-6-2-7-25-52)49-67(74)63-43-45-65-61-33-15-21-39-76(61)92-85(65)81(63)90/h1-49H. The van der Waals surface area contributed by atoms with E-state index in [1.54, 1.807) is 0 Å². The molecule has 5 nitrogen and oxygen atoms in total. The lowest BCUT2D eigenvalue weighted by molar-refractivity contribution is 1.04. The van der Waals surface area contributed by atoms with Gasteiger partial charge >= 0.3 is 0 Å². The summed E-state index contributed by atoms with van der Waals surface area (Å²) in [7, 11) is 0. The normalized spacial score (nSPS) is 12.1. The van der Waals surface area contributed by atoms with E-state index >= 15 is 0 Å². The zero-order valence-electron chi connectivity index (χ0n) is 49.3. The minimum Gasteiger partial charge on any atom is -0.306 e. The van der Waals surface area contributed by atoms with Crippen LogP contribution in [0.25, 0.3) is 184 Å². The van der Waals surface area contributed by atoms with Crippen molar-refractivity contribution in [1.82, 2.24) is 18.3 Å². The van der Waals surface area contributed by atoms with E-state index in [4.69, 9.17) is 0 Å². The van der Waals surface area contributed by atoms with E-state index in [0.29, 0.717) is 5.56 Å². The molecule has 0 fully saturated rings. The van der Waals surface area contributed by atoms with Crippen molar-refractivity contribution >= 4 is 150 Å². The zero-order valence-corrected chi connectivity index (χ0v) is 51.0. The van der Waals surface area contributed by atoms with Crippen LogP contribution in [0.2, 0.25) is 0 Å². The first-order valence-electron chi connectivity index (χ1n) is 31.2. The molecule has 6 aromatic heterocycles. The van der Waals surface area contributed by atoms with Gasteiger partial charge in [-0.15, -0.1) is 22.7 Å². The van der Waals surface area contributed by atoms with Gasteiger partial charge in [-0.3, -0.25) is 0 Å². The molecule has 0 N–H and O–H groups in total. The third kappa shape index (κ3) is 7.10. The van der Waals surface area contributed by atoms with Crippen LogP contribution in [0.1, 0.15) is 5.56 Å². The Kier molecular flexibility index (Phi) is 10.9. The second kappa shape index (κ2) is 19.6. The van der Waals surface area contributed by atoms with Gasteiger partial charge in [0.15, 0.2) is 0 Å². The molecule has 14 aromatic carbocycles. The molecule has 0 aliphatic carbocycles. The quantitative estimate of drug-likeness (QED) is 0.157. The summed E-state index contributed by atoms with van der Waals surface area (Å²) in [5, 5.41) is 27.2. The van der Waals surface area contributed by atoms with E-state index in [1.807, 2.05) is 22.7 Å². The van der Waals surface area contributed by atoms with E-state index in [9.17, 15) is 5.26 Å². The Morgan fingerprint density at radius 1 is 0.239 bits per heavy atom. The third-order valence-corrected chi connectivity index (χ3v) is 21.8. The molecule has 0 aliphatic heterocycles. The van der Waals surface area contributed by atoms with Crippen LogP contribution in [0.5, 0.6) is 0 Å². The minimum atomic E-state index is 0.534. The summed E-state index contributed by atoms with van der Waals surface area (Å²) in [6.07, 6.45) is 0. The van der Waals surface area contributed by atoms with Gasteiger partial charge in [0.05, 0.1) is 76.3 Å². The van der Waals surface area contributed by atoms with Crippen LogP contribution in [-0.4, -0.2) is 18.3 Å². The molecule has 0 unspecified atom stereocenters. The number of thiophene rings is 2.